The van der Waals surface area contributed by atoms with E-state index in [1.807, 2.05) is 6.07 Å². The highest BCUT2D eigenvalue weighted by Gasteiger charge is 2.44. The minimum Gasteiger partial charge on any atom is -0.506 e. The van der Waals surface area contributed by atoms with Gasteiger partial charge in [0.25, 0.3) is 5.91 Å². The number of phenolic OH excluding ortho intramolecular Hbond substituents is 1. The summed E-state index contributed by atoms with van der Waals surface area (Å²) in [6.45, 7) is 2.05. The number of carbonyl (C=O) groups excluding carboxylic acids is 1. The number of aromatic hydroxyl groups is 1. The number of benzene rings is 1. The molecule has 1 aromatic heterocycles. The van der Waals surface area contributed by atoms with Crippen LogP contribution >= 0.6 is 11.6 Å². The molecule has 1 spiro atoms. The van der Waals surface area contributed by atoms with E-state index in [9.17, 15) is 9.90 Å². The Morgan fingerprint density at radius 1 is 1.32 bits per heavy atom. The molecule has 2 aromatic rings. The standard InChI is InChI=1S/C27H33ClN6O4/c1-33(2)25(36)19(29)12-17-14-34(11-5-10-30-17)24-18-15-38-27(13-20(18)31-26(32-24)37-3)9-4-6-16-7-8-21(35)23(28)22(16)27/h7-8,12,35H,4-6,9-11,13-15,29H2,1-3H3/b19-12-. The van der Waals surface area contributed by atoms with Crippen molar-refractivity contribution in [1.82, 2.24) is 14.9 Å². The number of phenols is 1. The van der Waals surface area contributed by atoms with Crippen LogP contribution in [0.2, 0.25) is 5.02 Å². The molecule has 202 valence electrons. The van der Waals surface area contributed by atoms with E-state index in [2.05, 4.69) is 9.89 Å². The molecule has 0 saturated heterocycles. The Kier molecular flexibility index (Phi) is 7.19. The van der Waals surface area contributed by atoms with Crippen molar-refractivity contribution < 1.29 is 19.4 Å². The van der Waals surface area contributed by atoms with E-state index in [4.69, 9.17) is 36.8 Å². The maximum absolute atomic E-state index is 12.3. The first-order chi connectivity index (χ1) is 18.2. The van der Waals surface area contributed by atoms with E-state index < -0.39 is 5.60 Å². The third-order valence-corrected chi connectivity index (χ3v) is 7.78. The summed E-state index contributed by atoms with van der Waals surface area (Å²) in [5.41, 5.74) is 9.90. The van der Waals surface area contributed by atoms with Gasteiger partial charge < -0.3 is 30.1 Å². The maximum Gasteiger partial charge on any atom is 0.318 e. The second-order valence-electron chi connectivity index (χ2n) is 10.2. The number of aryl methyl sites for hydroxylation is 1. The zero-order chi connectivity index (χ0) is 27.0. The van der Waals surface area contributed by atoms with Crippen LogP contribution in [-0.4, -0.2) is 72.4 Å². The van der Waals surface area contributed by atoms with Gasteiger partial charge in [-0.1, -0.05) is 17.7 Å². The number of hydrogen-bond donors (Lipinski definition) is 2. The Bertz CT molecular complexity index is 1330. The Balaban J connectivity index is 1.51. The number of fused-ring (bicyclic) bond motifs is 3. The van der Waals surface area contributed by atoms with Crippen molar-refractivity contribution in [1.29, 1.82) is 0 Å². The summed E-state index contributed by atoms with van der Waals surface area (Å²) in [6, 6.07) is 3.85. The van der Waals surface area contributed by atoms with E-state index in [0.29, 0.717) is 43.4 Å². The number of halogens is 1. The minimum atomic E-state index is -0.678. The van der Waals surface area contributed by atoms with Gasteiger partial charge in [-0.3, -0.25) is 9.79 Å². The van der Waals surface area contributed by atoms with Crippen molar-refractivity contribution in [2.75, 3.05) is 45.7 Å². The molecule has 1 atom stereocenters. The third kappa shape index (κ3) is 4.78. The molecule has 3 N–H and O–H groups in total. The Labute approximate surface area is 227 Å². The lowest BCUT2D eigenvalue weighted by Crippen LogP contribution is -2.41. The third-order valence-electron chi connectivity index (χ3n) is 7.40. The monoisotopic (exact) mass is 540 g/mol. The zero-order valence-corrected chi connectivity index (χ0v) is 22.7. The lowest BCUT2D eigenvalue weighted by molar-refractivity contribution is -0.124. The molecule has 0 fully saturated rings. The number of carbonyl (C=O) groups is 1. The molecule has 1 amide bonds. The topological polar surface area (TPSA) is 126 Å². The lowest BCUT2D eigenvalue weighted by atomic mass is 9.74. The second kappa shape index (κ2) is 10.4. The van der Waals surface area contributed by atoms with Gasteiger partial charge in [-0.2, -0.15) is 9.97 Å². The van der Waals surface area contributed by atoms with Crippen molar-refractivity contribution in [3.05, 3.63) is 51.3 Å². The van der Waals surface area contributed by atoms with Gasteiger partial charge in [0.15, 0.2) is 0 Å². The highest BCUT2D eigenvalue weighted by molar-refractivity contribution is 6.33. The normalized spacial score (nSPS) is 21.3. The molecule has 38 heavy (non-hydrogen) atoms. The van der Waals surface area contributed by atoms with Gasteiger partial charge >= 0.3 is 6.01 Å². The fourth-order valence-corrected chi connectivity index (χ4v) is 5.93. The van der Waals surface area contributed by atoms with E-state index in [0.717, 1.165) is 53.9 Å². The fraction of sp³-hybridized carbons (Fsp3) is 0.481. The van der Waals surface area contributed by atoms with Crippen LogP contribution in [0.3, 0.4) is 0 Å². The van der Waals surface area contributed by atoms with Crippen LogP contribution < -0.4 is 15.4 Å². The van der Waals surface area contributed by atoms with Gasteiger partial charge in [0.1, 0.15) is 17.2 Å². The molecule has 5 rings (SSSR count). The van der Waals surface area contributed by atoms with Gasteiger partial charge in [-0.25, -0.2) is 0 Å². The molecule has 3 heterocycles. The van der Waals surface area contributed by atoms with Gasteiger partial charge in [0.05, 0.1) is 42.4 Å². The van der Waals surface area contributed by atoms with Gasteiger partial charge in [-0.15, -0.1) is 0 Å². The first kappa shape index (κ1) is 26.2. The summed E-state index contributed by atoms with van der Waals surface area (Å²) in [4.78, 5) is 30.0. The van der Waals surface area contributed by atoms with Crippen LogP contribution in [0, 0.1) is 0 Å². The molecule has 2 aliphatic heterocycles. The maximum atomic E-state index is 12.3. The van der Waals surface area contributed by atoms with E-state index in [-0.39, 0.29) is 23.4 Å². The number of anilines is 1. The summed E-state index contributed by atoms with van der Waals surface area (Å²) in [5, 5.41) is 10.7. The van der Waals surface area contributed by atoms with Gasteiger partial charge in [-0.05, 0) is 43.4 Å². The van der Waals surface area contributed by atoms with Crippen LogP contribution in [0.1, 0.15) is 41.6 Å². The minimum absolute atomic E-state index is 0.0542. The number of nitrogens with two attached hydrogens (primary N) is 1. The van der Waals surface area contributed by atoms with E-state index >= 15 is 0 Å². The molecule has 1 aliphatic carbocycles. The zero-order valence-electron chi connectivity index (χ0n) is 22.0. The predicted octanol–water partition coefficient (Wildman–Crippen LogP) is 2.73. The van der Waals surface area contributed by atoms with Crippen molar-refractivity contribution in [2.45, 2.75) is 44.3 Å². The summed E-state index contributed by atoms with van der Waals surface area (Å²) < 4.78 is 12.1. The van der Waals surface area contributed by atoms with Crippen molar-refractivity contribution in [3.63, 3.8) is 0 Å². The van der Waals surface area contributed by atoms with Gasteiger partial charge in [0.2, 0.25) is 0 Å². The molecule has 1 unspecified atom stereocenters. The number of likely N-dealkylation sites (N-methyl/N-ethyl adjacent to an activating group) is 1. The van der Waals surface area contributed by atoms with Crippen molar-refractivity contribution in [3.8, 4) is 11.8 Å². The summed E-state index contributed by atoms with van der Waals surface area (Å²) in [5.74, 6) is 0.513. The molecule has 11 heteroatoms. The average Bonchev–Trinajstić information content (AvgIpc) is 3.14. The molecule has 0 saturated carbocycles. The summed E-state index contributed by atoms with van der Waals surface area (Å²) in [6.07, 6.45) is 5.55. The number of methoxy groups -OCH3 is 1. The molecule has 3 aliphatic rings. The summed E-state index contributed by atoms with van der Waals surface area (Å²) in [7, 11) is 4.88. The van der Waals surface area contributed by atoms with E-state index in [1.165, 1.54) is 4.90 Å². The van der Waals surface area contributed by atoms with Crippen molar-refractivity contribution in [2.24, 2.45) is 10.7 Å². The fourth-order valence-electron chi connectivity index (χ4n) is 5.57. The molecule has 10 nitrogen and oxygen atoms in total. The van der Waals surface area contributed by atoms with Crippen LogP contribution in [0.5, 0.6) is 11.8 Å². The van der Waals surface area contributed by atoms with Crippen molar-refractivity contribution >= 4 is 29.0 Å². The molecule has 0 radical (unpaired) electrons. The quantitative estimate of drug-likeness (QED) is 0.567. The predicted molar refractivity (Wildman–Crippen MR) is 145 cm³/mol. The van der Waals surface area contributed by atoms with Crippen LogP contribution in [0.25, 0.3) is 0 Å². The largest absolute Gasteiger partial charge is 0.506 e. The Morgan fingerprint density at radius 3 is 2.89 bits per heavy atom. The van der Waals surface area contributed by atoms with Crippen LogP contribution in [-0.2, 0) is 34.6 Å². The van der Waals surface area contributed by atoms with Gasteiger partial charge in [0, 0.05) is 44.7 Å². The molecule has 1 aromatic carbocycles. The van der Waals surface area contributed by atoms with Crippen LogP contribution in [0.4, 0.5) is 5.82 Å². The number of amides is 1. The summed E-state index contributed by atoms with van der Waals surface area (Å²) >= 11 is 6.64. The SMILES string of the molecule is COc1nc2c(c(N3CCCN=C(/C=C(\N)C(=O)N(C)C)C3)n1)COC1(CCCc3ccc(O)c(Cl)c31)C2. The number of nitrogens with zero attached hydrogens (tertiary/aromatic N) is 5. The smallest absolute Gasteiger partial charge is 0.318 e. The molecular weight excluding hydrogens is 508 g/mol. The highest BCUT2D eigenvalue weighted by atomic mass is 35.5. The lowest BCUT2D eigenvalue weighted by Gasteiger charge is -2.43. The Morgan fingerprint density at radius 2 is 2.13 bits per heavy atom. The number of ether oxygens (including phenoxy) is 2. The molecule has 0 bridgehead atoms. The number of aliphatic imine (C=N–C) groups is 1. The first-order valence-electron chi connectivity index (χ1n) is 12.8. The number of rotatable bonds is 4. The first-order valence-corrected chi connectivity index (χ1v) is 13.2. The molecular formula is C27H33ClN6O4. The highest BCUT2D eigenvalue weighted by Crippen LogP contribution is 2.50. The Hall–Kier alpha value is -3.37. The average molecular weight is 541 g/mol. The second-order valence-corrected chi connectivity index (χ2v) is 10.5. The van der Waals surface area contributed by atoms with Crippen LogP contribution in [0.15, 0.2) is 28.9 Å². The number of aromatic nitrogens is 2. The van der Waals surface area contributed by atoms with E-state index in [1.54, 1.807) is 33.3 Å². The number of hydrogen-bond acceptors (Lipinski definition) is 9.